The second-order valence-electron chi connectivity index (χ2n) is 5.61. The highest BCUT2D eigenvalue weighted by atomic mass is 35.5. The van der Waals surface area contributed by atoms with Crippen LogP contribution in [0.1, 0.15) is 30.6 Å². The van der Waals surface area contributed by atoms with Gasteiger partial charge in [-0.25, -0.2) is 0 Å². The Morgan fingerprint density at radius 3 is 2.23 bits per heavy atom. The minimum atomic E-state index is -0.481. The molecule has 0 heterocycles. The largest absolute Gasteiger partial charge is 0.491 e. The Hall–Kier alpha value is -2.73. The molecule has 2 amide bonds. The fourth-order valence-electron chi connectivity index (χ4n) is 1.91. The van der Waals surface area contributed by atoms with Crippen molar-refractivity contribution in [2.24, 2.45) is 0 Å². The third kappa shape index (κ3) is 6.29. The van der Waals surface area contributed by atoms with Gasteiger partial charge in [0.2, 0.25) is 0 Å². The Bertz CT molecular complexity index is 732. The van der Waals surface area contributed by atoms with Crippen LogP contribution in [-0.2, 0) is 4.79 Å². The number of nitrogens with one attached hydrogen (secondary N) is 2. The summed E-state index contributed by atoms with van der Waals surface area (Å²) in [5.41, 5.74) is 5.04. The zero-order chi connectivity index (χ0) is 18.9. The lowest BCUT2D eigenvalue weighted by atomic mass is 10.2. The standard InChI is InChI=1S/C19H21ClN2O4/c1-3-13(2)26-17-8-4-14(5-9-17)19(24)22-21-18(23)12-25-16-10-6-15(20)7-11-16/h4-11,13H,3,12H2,1-2H3,(H,21,23)(H,22,24). The molecule has 0 aromatic heterocycles. The predicted octanol–water partition coefficient (Wildman–Crippen LogP) is 3.36. The van der Waals surface area contributed by atoms with E-state index in [9.17, 15) is 9.59 Å². The molecule has 2 aromatic carbocycles. The maximum absolute atomic E-state index is 12.0. The SMILES string of the molecule is CCC(C)Oc1ccc(C(=O)NNC(=O)COc2ccc(Cl)cc2)cc1. The number of ether oxygens (including phenoxy) is 2. The van der Waals surface area contributed by atoms with E-state index in [-0.39, 0.29) is 12.7 Å². The second-order valence-corrected chi connectivity index (χ2v) is 6.04. The van der Waals surface area contributed by atoms with Gasteiger partial charge in [-0.2, -0.15) is 0 Å². The van der Waals surface area contributed by atoms with Crippen LogP contribution in [0.2, 0.25) is 5.02 Å². The van der Waals surface area contributed by atoms with E-state index >= 15 is 0 Å². The molecule has 6 nitrogen and oxygen atoms in total. The first-order valence-electron chi connectivity index (χ1n) is 8.22. The number of amides is 2. The number of hydrogen-bond donors (Lipinski definition) is 2. The second kappa shape index (κ2) is 9.68. The normalized spacial score (nSPS) is 11.3. The number of benzene rings is 2. The van der Waals surface area contributed by atoms with Crippen LogP contribution < -0.4 is 20.3 Å². The average molecular weight is 377 g/mol. The quantitative estimate of drug-likeness (QED) is 0.726. The average Bonchev–Trinajstić information content (AvgIpc) is 2.66. The summed E-state index contributed by atoms with van der Waals surface area (Å²) in [5, 5.41) is 0.578. The van der Waals surface area contributed by atoms with Crippen LogP contribution in [0, 0.1) is 0 Å². The molecule has 0 fully saturated rings. The molecule has 2 aromatic rings. The van der Waals surface area contributed by atoms with Crippen molar-refractivity contribution in [2.75, 3.05) is 6.61 Å². The van der Waals surface area contributed by atoms with Crippen LogP contribution >= 0.6 is 11.6 Å². The molecule has 26 heavy (non-hydrogen) atoms. The van der Waals surface area contributed by atoms with Crippen LogP contribution in [-0.4, -0.2) is 24.5 Å². The summed E-state index contributed by atoms with van der Waals surface area (Å²) in [7, 11) is 0. The van der Waals surface area contributed by atoms with Gasteiger partial charge in [0, 0.05) is 10.6 Å². The van der Waals surface area contributed by atoms with Crippen molar-refractivity contribution in [3.63, 3.8) is 0 Å². The first-order valence-corrected chi connectivity index (χ1v) is 8.60. The van der Waals surface area contributed by atoms with Crippen molar-refractivity contribution in [3.05, 3.63) is 59.1 Å². The Labute approximate surface area is 157 Å². The summed E-state index contributed by atoms with van der Waals surface area (Å²) in [6, 6.07) is 13.3. The first-order chi connectivity index (χ1) is 12.5. The number of rotatable bonds is 7. The number of carbonyl (C=O) groups excluding carboxylic acids is 2. The lowest BCUT2D eigenvalue weighted by Gasteiger charge is -2.13. The van der Waals surface area contributed by atoms with Gasteiger partial charge in [-0.05, 0) is 61.9 Å². The minimum Gasteiger partial charge on any atom is -0.491 e. The van der Waals surface area contributed by atoms with Gasteiger partial charge in [-0.1, -0.05) is 18.5 Å². The molecule has 0 aliphatic carbocycles. The molecule has 0 radical (unpaired) electrons. The van der Waals surface area contributed by atoms with Crippen molar-refractivity contribution >= 4 is 23.4 Å². The maximum Gasteiger partial charge on any atom is 0.276 e. The summed E-state index contributed by atoms with van der Waals surface area (Å²) in [6.45, 7) is 3.78. The third-order valence-corrected chi connectivity index (χ3v) is 3.78. The van der Waals surface area contributed by atoms with E-state index in [1.807, 2.05) is 13.8 Å². The first kappa shape index (κ1) is 19.6. The molecular formula is C19H21ClN2O4. The van der Waals surface area contributed by atoms with Gasteiger partial charge in [0.05, 0.1) is 6.10 Å². The topological polar surface area (TPSA) is 76.7 Å². The number of carbonyl (C=O) groups is 2. The van der Waals surface area contributed by atoms with Gasteiger partial charge in [-0.3, -0.25) is 20.4 Å². The predicted molar refractivity (Wildman–Crippen MR) is 99.4 cm³/mol. The van der Waals surface area contributed by atoms with E-state index in [2.05, 4.69) is 10.9 Å². The molecule has 0 aliphatic rings. The van der Waals surface area contributed by atoms with Gasteiger partial charge < -0.3 is 9.47 Å². The molecular weight excluding hydrogens is 356 g/mol. The van der Waals surface area contributed by atoms with Crippen molar-refractivity contribution in [3.8, 4) is 11.5 Å². The number of hydrogen-bond acceptors (Lipinski definition) is 4. The highest BCUT2D eigenvalue weighted by Crippen LogP contribution is 2.16. The van der Waals surface area contributed by atoms with Crippen molar-refractivity contribution in [1.29, 1.82) is 0 Å². The van der Waals surface area contributed by atoms with Crippen molar-refractivity contribution < 1.29 is 19.1 Å². The third-order valence-electron chi connectivity index (χ3n) is 3.53. The smallest absolute Gasteiger partial charge is 0.276 e. The minimum absolute atomic E-state index is 0.106. The van der Waals surface area contributed by atoms with Gasteiger partial charge in [0.1, 0.15) is 11.5 Å². The molecule has 0 bridgehead atoms. The monoisotopic (exact) mass is 376 g/mol. The van der Waals surface area contributed by atoms with Crippen LogP contribution in [0.15, 0.2) is 48.5 Å². The summed E-state index contributed by atoms with van der Waals surface area (Å²) < 4.78 is 10.9. The van der Waals surface area contributed by atoms with Gasteiger partial charge in [0.25, 0.3) is 11.8 Å². The molecule has 2 N–H and O–H groups in total. The van der Waals surface area contributed by atoms with Gasteiger partial charge in [0.15, 0.2) is 6.61 Å². The van der Waals surface area contributed by atoms with Crippen molar-refractivity contribution in [1.82, 2.24) is 10.9 Å². The van der Waals surface area contributed by atoms with E-state index in [0.717, 1.165) is 6.42 Å². The zero-order valence-corrected chi connectivity index (χ0v) is 15.4. The summed E-state index contributed by atoms with van der Waals surface area (Å²) in [6.07, 6.45) is 1.00. The Morgan fingerprint density at radius 2 is 1.62 bits per heavy atom. The Balaban J connectivity index is 1.76. The summed E-state index contributed by atoms with van der Waals surface area (Å²) in [5.74, 6) is 0.286. The zero-order valence-electron chi connectivity index (χ0n) is 14.6. The highest BCUT2D eigenvalue weighted by molar-refractivity contribution is 6.30. The van der Waals surface area contributed by atoms with E-state index < -0.39 is 11.8 Å². The lowest BCUT2D eigenvalue weighted by Crippen LogP contribution is -2.43. The fraction of sp³-hybridized carbons (Fsp3) is 0.263. The summed E-state index contributed by atoms with van der Waals surface area (Å²) >= 11 is 5.77. The molecule has 7 heteroatoms. The number of halogens is 1. The maximum atomic E-state index is 12.0. The summed E-state index contributed by atoms with van der Waals surface area (Å²) in [4.78, 5) is 23.8. The van der Waals surface area contributed by atoms with Crippen LogP contribution in [0.25, 0.3) is 0 Å². The Morgan fingerprint density at radius 1 is 1.00 bits per heavy atom. The van der Waals surface area contributed by atoms with Gasteiger partial charge >= 0.3 is 0 Å². The molecule has 0 saturated heterocycles. The van der Waals surface area contributed by atoms with Crippen LogP contribution in [0.3, 0.4) is 0 Å². The molecule has 0 spiro atoms. The van der Waals surface area contributed by atoms with E-state index in [1.165, 1.54) is 0 Å². The van der Waals surface area contributed by atoms with Crippen LogP contribution in [0.4, 0.5) is 0 Å². The molecule has 1 unspecified atom stereocenters. The number of hydrazine groups is 1. The molecule has 2 rings (SSSR count). The fourth-order valence-corrected chi connectivity index (χ4v) is 2.04. The molecule has 0 saturated carbocycles. The molecule has 138 valence electrons. The van der Waals surface area contributed by atoms with E-state index in [4.69, 9.17) is 21.1 Å². The molecule has 1 atom stereocenters. The van der Waals surface area contributed by atoms with Crippen LogP contribution in [0.5, 0.6) is 11.5 Å². The lowest BCUT2D eigenvalue weighted by molar-refractivity contribution is -0.123. The van der Waals surface area contributed by atoms with E-state index in [1.54, 1.807) is 48.5 Å². The molecule has 0 aliphatic heterocycles. The highest BCUT2D eigenvalue weighted by Gasteiger charge is 2.09. The van der Waals surface area contributed by atoms with E-state index in [0.29, 0.717) is 22.1 Å². The van der Waals surface area contributed by atoms with Gasteiger partial charge in [-0.15, -0.1) is 0 Å². The Kier molecular flexibility index (Phi) is 7.29. The van der Waals surface area contributed by atoms with Crippen molar-refractivity contribution in [2.45, 2.75) is 26.4 Å².